The normalized spacial score (nSPS) is 17.0. The molecule has 0 aromatic heterocycles. The lowest BCUT2D eigenvalue weighted by atomic mass is 9.84. The minimum atomic E-state index is -4.30. The fourth-order valence-electron chi connectivity index (χ4n) is 3.63. The van der Waals surface area contributed by atoms with Gasteiger partial charge in [-0.05, 0) is 60.4 Å². The van der Waals surface area contributed by atoms with Gasteiger partial charge in [-0.2, -0.15) is 13.2 Å². The molecule has 0 amide bonds. The molecule has 2 aromatic carbocycles. The maximum Gasteiger partial charge on any atom is 0.409 e. The molecule has 1 aliphatic carbocycles. The molecule has 0 bridgehead atoms. The van der Waals surface area contributed by atoms with Crippen molar-refractivity contribution in [3.8, 4) is 0 Å². The van der Waals surface area contributed by atoms with Crippen LogP contribution in [0.1, 0.15) is 41.2 Å². The van der Waals surface area contributed by atoms with Crippen molar-refractivity contribution in [2.75, 3.05) is 5.32 Å². The third-order valence-electron chi connectivity index (χ3n) is 5.06. The Bertz CT molecular complexity index is 878. The maximum absolute atomic E-state index is 12.3. The van der Waals surface area contributed by atoms with Gasteiger partial charge in [0.1, 0.15) is 0 Å². The molecule has 0 saturated carbocycles. The summed E-state index contributed by atoms with van der Waals surface area (Å²) in [5.74, 6) is 0.662. The molecule has 1 aliphatic rings. The van der Waals surface area contributed by atoms with Crippen LogP contribution in [0.2, 0.25) is 0 Å². The van der Waals surface area contributed by atoms with Crippen molar-refractivity contribution in [1.82, 2.24) is 0 Å². The van der Waals surface area contributed by atoms with Crippen LogP contribution in [0.3, 0.4) is 0 Å². The van der Waals surface area contributed by atoms with Gasteiger partial charge in [-0.25, -0.2) is 0 Å². The van der Waals surface area contributed by atoms with E-state index in [9.17, 15) is 13.2 Å². The molecule has 0 fully saturated rings. The van der Waals surface area contributed by atoms with Crippen LogP contribution in [0.25, 0.3) is 11.8 Å². The summed E-state index contributed by atoms with van der Waals surface area (Å²) in [6.07, 6.45) is 0.391. The first-order chi connectivity index (χ1) is 12.7. The number of allylic oxidation sites excluding steroid dienone is 1. The highest BCUT2D eigenvalue weighted by molar-refractivity contribution is 5.79. The molecule has 0 heterocycles. The van der Waals surface area contributed by atoms with Gasteiger partial charge in [-0.1, -0.05) is 49.9 Å². The molecule has 0 spiro atoms. The fraction of sp³-hybridized carbons (Fsp3) is 0.304. The summed E-state index contributed by atoms with van der Waals surface area (Å²) in [7, 11) is 0. The van der Waals surface area contributed by atoms with Crippen molar-refractivity contribution in [1.29, 1.82) is 0 Å². The average molecular weight is 371 g/mol. The summed E-state index contributed by atoms with van der Waals surface area (Å²) in [6.45, 7) is 8.31. The Balaban J connectivity index is 1.80. The highest BCUT2D eigenvalue weighted by Gasteiger charge is 2.22. The van der Waals surface area contributed by atoms with E-state index in [2.05, 4.69) is 37.0 Å². The Morgan fingerprint density at radius 3 is 2.70 bits per heavy atom. The van der Waals surface area contributed by atoms with E-state index < -0.39 is 6.18 Å². The van der Waals surface area contributed by atoms with Gasteiger partial charge in [-0.15, -0.1) is 0 Å². The Labute approximate surface area is 158 Å². The van der Waals surface area contributed by atoms with Crippen LogP contribution in [0, 0.1) is 12.8 Å². The van der Waals surface area contributed by atoms with E-state index in [0.29, 0.717) is 11.5 Å². The van der Waals surface area contributed by atoms with Crippen molar-refractivity contribution in [2.24, 2.45) is 5.92 Å². The number of halogens is 3. The molecule has 1 nitrogen and oxygen atoms in total. The van der Waals surface area contributed by atoms with Crippen molar-refractivity contribution in [2.45, 2.75) is 39.3 Å². The number of alkyl halides is 3. The van der Waals surface area contributed by atoms with Crippen LogP contribution in [0.5, 0.6) is 0 Å². The number of rotatable bonds is 4. The first kappa shape index (κ1) is 19.3. The quantitative estimate of drug-likeness (QED) is 0.625. The monoisotopic (exact) mass is 371 g/mol. The molecule has 27 heavy (non-hydrogen) atoms. The van der Waals surface area contributed by atoms with Crippen LogP contribution in [0.4, 0.5) is 18.9 Å². The number of aryl methyl sites for hydroxylation is 2. The van der Waals surface area contributed by atoms with E-state index in [-0.39, 0.29) is 6.08 Å². The largest absolute Gasteiger partial charge is 0.409 e. The molecule has 1 N–H and O–H groups in total. The van der Waals surface area contributed by atoms with Gasteiger partial charge < -0.3 is 5.32 Å². The van der Waals surface area contributed by atoms with Crippen molar-refractivity contribution in [3.05, 3.63) is 76.9 Å². The predicted octanol–water partition coefficient (Wildman–Crippen LogP) is 6.78. The summed E-state index contributed by atoms with van der Waals surface area (Å²) >= 11 is 0. The van der Waals surface area contributed by atoms with Crippen LogP contribution in [-0.2, 0) is 12.8 Å². The van der Waals surface area contributed by atoms with E-state index in [0.717, 1.165) is 41.4 Å². The Kier molecular flexibility index (Phi) is 5.45. The topological polar surface area (TPSA) is 12.0 Å². The number of benzene rings is 2. The zero-order valence-electron chi connectivity index (χ0n) is 15.7. The summed E-state index contributed by atoms with van der Waals surface area (Å²) in [5, 5.41) is 3.43. The summed E-state index contributed by atoms with van der Waals surface area (Å²) in [6, 6.07) is 11.5. The first-order valence-electron chi connectivity index (χ1n) is 9.16. The summed E-state index contributed by atoms with van der Waals surface area (Å²) < 4.78 is 37.0. The molecule has 142 valence electrons. The average Bonchev–Trinajstić information content (AvgIpc) is 2.60. The highest BCUT2D eigenvalue weighted by Crippen LogP contribution is 2.32. The Hall–Kier alpha value is -2.49. The number of hydrogen-bond donors (Lipinski definition) is 1. The standard InChI is InChI=1S/C23H24F3N/c1-15-7-9-19-5-4-6-22(21(19)13-15)27-17(3)20-10-8-18(14-16(20)2)11-12-23(24,25)26/h4-6,8,10-12,14-15,27H,3,7,9,13H2,1-2H3/b12-11+. The van der Waals surface area contributed by atoms with Crippen LogP contribution in [0.15, 0.2) is 49.1 Å². The van der Waals surface area contributed by atoms with Gasteiger partial charge in [0.25, 0.3) is 0 Å². The lowest BCUT2D eigenvalue weighted by molar-refractivity contribution is -0.0790. The maximum atomic E-state index is 12.3. The zero-order chi connectivity index (χ0) is 19.6. The second kappa shape index (κ2) is 7.63. The first-order valence-corrected chi connectivity index (χ1v) is 9.16. The lowest BCUT2D eigenvalue weighted by Crippen LogP contribution is -2.14. The predicted molar refractivity (Wildman–Crippen MR) is 107 cm³/mol. The highest BCUT2D eigenvalue weighted by atomic mass is 19.4. The Morgan fingerprint density at radius 2 is 2.00 bits per heavy atom. The molecular formula is C23H24F3N. The molecule has 1 unspecified atom stereocenters. The molecule has 1 atom stereocenters. The summed E-state index contributed by atoms with van der Waals surface area (Å²) in [5.41, 5.74) is 6.87. The molecule has 0 saturated heterocycles. The smallest absolute Gasteiger partial charge is 0.355 e. The lowest BCUT2D eigenvalue weighted by Gasteiger charge is -2.25. The van der Waals surface area contributed by atoms with E-state index in [1.807, 2.05) is 13.0 Å². The Morgan fingerprint density at radius 1 is 1.22 bits per heavy atom. The third kappa shape index (κ3) is 4.82. The molecule has 0 aliphatic heterocycles. The van der Waals surface area contributed by atoms with Crippen molar-refractivity contribution >= 4 is 17.5 Å². The third-order valence-corrected chi connectivity index (χ3v) is 5.06. The minimum Gasteiger partial charge on any atom is -0.355 e. The number of hydrogen-bond acceptors (Lipinski definition) is 1. The van der Waals surface area contributed by atoms with Gasteiger partial charge in [0.2, 0.25) is 0 Å². The molecule has 3 rings (SSSR count). The second-order valence-corrected chi connectivity index (χ2v) is 7.34. The zero-order valence-corrected chi connectivity index (χ0v) is 15.7. The molecule has 0 radical (unpaired) electrons. The molecule has 4 heteroatoms. The van der Waals surface area contributed by atoms with E-state index in [1.54, 1.807) is 12.1 Å². The van der Waals surface area contributed by atoms with Gasteiger partial charge in [-0.3, -0.25) is 0 Å². The van der Waals surface area contributed by atoms with Crippen molar-refractivity contribution < 1.29 is 13.2 Å². The van der Waals surface area contributed by atoms with E-state index in [4.69, 9.17) is 0 Å². The van der Waals surface area contributed by atoms with E-state index in [1.165, 1.54) is 17.5 Å². The van der Waals surface area contributed by atoms with Crippen LogP contribution < -0.4 is 5.32 Å². The van der Waals surface area contributed by atoms with Gasteiger partial charge in [0.05, 0.1) is 0 Å². The van der Waals surface area contributed by atoms with E-state index >= 15 is 0 Å². The SMILES string of the molecule is C=C(Nc1cccc2c1CC(C)CC2)c1ccc(/C=C/C(F)(F)F)cc1C. The number of anilines is 1. The van der Waals surface area contributed by atoms with Gasteiger partial charge in [0, 0.05) is 23.0 Å². The fourth-order valence-corrected chi connectivity index (χ4v) is 3.63. The van der Waals surface area contributed by atoms with Crippen LogP contribution >= 0.6 is 0 Å². The number of fused-ring (bicyclic) bond motifs is 1. The van der Waals surface area contributed by atoms with Gasteiger partial charge in [0.15, 0.2) is 0 Å². The number of nitrogens with one attached hydrogen (secondary N) is 1. The van der Waals surface area contributed by atoms with Gasteiger partial charge >= 0.3 is 6.18 Å². The molecular weight excluding hydrogens is 347 g/mol. The summed E-state index contributed by atoms with van der Waals surface area (Å²) in [4.78, 5) is 0. The molecule has 2 aromatic rings. The van der Waals surface area contributed by atoms with Crippen molar-refractivity contribution in [3.63, 3.8) is 0 Å². The second-order valence-electron chi connectivity index (χ2n) is 7.34. The minimum absolute atomic E-state index is 0.256. The van der Waals surface area contributed by atoms with Crippen LogP contribution in [-0.4, -0.2) is 6.18 Å².